The van der Waals surface area contributed by atoms with Gasteiger partial charge in [-0.1, -0.05) is 108 Å². The topological polar surface area (TPSA) is 220 Å². The van der Waals surface area contributed by atoms with E-state index in [-0.39, 0.29) is 28.9 Å². The van der Waals surface area contributed by atoms with Crippen LogP contribution >= 0.6 is 0 Å². The summed E-state index contributed by atoms with van der Waals surface area (Å²) in [4.78, 5) is 58.1. The first-order chi connectivity index (χ1) is 31.3. The minimum Gasteiger partial charge on any atom is -0.458 e. The molecule has 0 aromatic heterocycles. The molecule has 5 aromatic carbocycles. The second-order valence-electron chi connectivity index (χ2n) is 14.8. The number of benzene rings is 5. The molecule has 3 aliphatic heterocycles. The van der Waals surface area contributed by atoms with Gasteiger partial charge >= 0.3 is 23.9 Å². The number of hydrogen-bond acceptors (Lipinski definition) is 15. The summed E-state index contributed by atoms with van der Waals surface area (Å²) >= 11 is 0. The van der Waals surface area contributed by atoms with Crippen LogP contribution in [0.2, 0.25) is 0 Å². The van der Waals surface area contributed by atoms with E-state index in [1.54, 1.807) is 97.1 Å². The fraction of sp³-hybridized carbons (Fsp3) is 0.277. The second-order valence-corrected chi connectivity index (χ2v) is 14.8. The van der Waals surface area contributed by atoms with E-state index in [9.17, 15) is 29.8 Å². The standard InChI is InChI=1S/C47H41N3O14/c48-50-49-35-38(36-34(59-45(35)55)27-57-46(62-36)32-24-14-5-15-25-32)64-47-40(61-44(54)31-22-12-4-13-23-31)39(60-43(53)30-20-10-3-11-21-30)37(63-47)33(58-42(52)29-18-8-2-9-19-29)26-56-41(51)28-16-6-1-7-17-28/h1-25,33-40,45-47,55H,26-27H2/t33-,34-,35-,36+,37+,38-,39+,40-,45+,46?,47+/m1/s1. The van der Waals surface area contributed by atoms with Crippen LogP contribution in [0.5, 0.6) is 0 Å². The predicted molar refractivity (Wildman–Crippen MR) is 221 cm³/mol. The Kier molecular flexibility index (Phi) is 14.0. The van der Waals surface area contributed by atoms with E-state index in [2.05, 4.69) is 10.0 Å². The van der Waals surface area contributed by atoms with Gasteiger partial charge in [0.25, 0.3) is 0 Å². The molecule has 1 unspecified atom stereocenters. The molecule has 3 fully saturated rings. The molecule has 8 rings (SSSR count). The van der Waals surface area contributed by atoms with E-state index in [0.29, 0.717) is 5.56 Å². The molecule has 11 atom stereocenters. The molecule has 0 saturated carbocycles. The summed E-state index contributed by atoms with van der Waals surface area (Å²) in [7, 11) is 0. The van der Waals surface area contributed by atoms with E-state index in [1.807, 2.05) is 6.07 Å². The highest BCUT2D eigenvalue weighted by Gasteiger charge is 2.58. The zero-order valence-electron chi connectivity index (χ0n) is 33.8. The van der Waals surface area contributed by atoms with Gasteiger partial charge in [-0.25, -0.2) is 19.2 Å². The van der Waals surface area contributed by atoms with Crippen molar-refractivity contribution < 1.29 is 66.9 Å². The van der Waals surface area contributed by atoms with Gasteiger partial charge in [-0.15, -0.1) is 0 Å². The molecule has 0 bridgehead atoms. The van der Waals surface area contributed by atoms with Crippen LogP contribution in [-0.2, 0) is 42.6 Å². The van der Waals surface area contributed by atoms with Crippen molar-refractivity contribution in [2.45, 2.75) is 67.6 Å². The lowest BCUT2D eigenvalue weighted by Crippen LogP contribution is -2.63. The summed E-state index contributed by atoms with van der Waals surface area (Å²) in [5, 5.41) is 15.0. The molecule has 5 aromatic rings. The molecule has 328 valence electrons. The number of fused-ring (bicyclic) bond motifs is 1. The van der Waals surface area contributed by atoms with Crippen molar-refractivity contribution in [1.82, 2.24) is 0 Å². The van der Waals surface area contributed by atoms with Crippen LogP contribution in [0.15, 0.2) is 157 Å². The highest BCUT2D eigenvalue weighted by molar-refractivity contribution is 5.91. The Morgan fingerprint density at radius 3 is 1.69 bits per heavy atom. The number of ether oxygens (including phenoxy) is 9. The Balaban J connectivity index is 1.20. The first kappa shape index (κ1) is 43.7. The maximum Gasteiger partial charge on any atom is 0.338 e. The van der Waals surface area contributed by atoms with Crippen LogP contribution in [0.4, 0.5) is 0 Å². The second kappa shape index (κ2) is 20.5. The number of carbonyl (C=O) groups is 4. The van der Waals surface area contributed by atoms with Crippen LogP contribution < -0.4 is 0 Å². The lowest BCUT2D eigenvalue weighted by molar-refractivity contribution is -0.354. The highest BCUT2D eigenvalue weighted by Crippen LogP contribution is 2.40. The minimum atomic E-state index is -1.75. The first-order valence-corrected chi connectivity index (χ1v) is 20.3. The smallest absolute Gasteiger partial charge is 0.338 e. The zero-order valence-corrected chi connectivity index (χ0v) is 33.8. The van der Waals surface area contributed by atoms with Crippen molar-refractivity contribution in [2.24, 2.45) is 5.11 Å². The van der Waals surface area contributed by atoms with Crippen LogP contribution in [0.1, 0.15) is 53.3 Å². The fourth-order valence-electron chi connectivity index (χ4n) is 7.49. The molecule has 0 aliphatic carbocycles. The number of hydrogen-bond donors (Lipinski definition) is 1. The SMILES string of the molecule is [N-]=[N+]=N[C@@H]1[C@@H](O[C@@H]2O[C@@H]([C@@H](COC(=O)c3ccccc3)OC(=O)c3ccccc3)[C@H](OC(=O)c3ccccc3)[C@H]2OC(=O)c2ccccc2)[C@H]2OC(c3ccccc3)OC[C@H]2O[C@@H]1O. The molecule has 3 saturated heterocycles. The number of aliphatic hydroxyl groups excluding tert-OH is 1. The average Bonchev–Trinajstić information content (AvgIpc) is 3.67. The Morgan fingerprint density at radius 2 is 1.14 bits per heavy atom. The van der Waals surface area contributed by atoms with E-state index < -0.39 is 98.1 Å². The quantitative estimate of drug-likeness (QED) is 0.0436. The highest BCUT2D eigenvalue weighted by atomic mass is 16.8. The van der Waals surface area contributed by atoms with Gasteiger partial charge in [0.1, 0.15) is 37.1 Å². The van der Waals surface area contributed by atoms with Crippen LogP contribution in [0, 0.1) is 0 Å². The summed E-state index contributed by atoms with van der Waals surface area (Å²) < 4.78 is 55.4. The van der Waals surface area contributed by atoms with Gasteiger partial charge in [0.05, 0.1) is 28.9 Å². The lowest BCUT2D eigenvalue weighted by atomic mass is 9.96. The van der Waals surface area contributed by atoms with Gasteiger partial charge in [-0.2, -0.15) is 0 Å². The van der Waals surface area contributed by atoms with Crippen molar-refractivity contribution in [3.05, 3.63) is 190 Å². The molecular weight excluding hydrogens is 831 g/mol. The van der Waals surface area contributed by atoms with Gasteiger partial charge in [0.15, 0.2) is 37.2 Å². The van der Waals surface area contributed by atoms with Crippen molar-refractivity contribution >= 4 is 23.9 Å². The molecular formula is C47H41N3O14. The molecule has 0 amide bonds. The zero-order chi connectivity index (χ0) is 44.4. The van der Waals surface area contributed by atoms with Gasteiger partial charge in [0.2, 0.25) is 0 Å². The van der Waals surface area contributed by atoms with E-state index in [0.717, 1.165) is 0 Å². The minimum absolute atomic E-state index is 0.0910. The van der Waals surface area contributed by atoms with Crippen molar-refractivity contribution in [3.8, 4) is 0 Å². The number of esters is 4. The van der Waals surface area contributed by atoms with Gasteiger partial charge in [-0.05, 0) is 54.1 Å². The third-order valence-corrected chi connectivity index (χ3v) is 10.6. The first-order valence-electron chi connectivity index (χ1n) is 20.3. The summed E-state index contributed by atoms with van der Waals surface area (Å²) in [5.41, 5.74) is 10.9. The molecule has 3 aliphatic rings. The number of carbonyl (C=O) groups excluding carboxylic acids is 4. The lowest BCUT2D eigenvalue weighted by Gasteiger charge is -2.47. The molecule has 3 heterocycles. The van der Waals surface area contributed by atoms with Crippen molar-refractivity contribution in [2.75, 3.05) is 13.2 Å². The van der Waals surface area contributed by atoms with E-state index in [1.165, 1.54) is 48.5 Å². The maximum absolute atomic E-state index is 14.0. The Hall–Kier alpha value is -6.95. The third-order valence-electron chi connectivity index (χ3n) is 10.6. The van der Waals surface area contributed by atoms with Gasteiger partial charge < -0.3 is 47.7 Å². The molecule has 1 N–H and O–H groups in total. The number of azide groups is 1. The monoisotopic (exact) mass is 871 g/mol. The number of aliphatic hydroxyl groups is 1. The summed E-state index contributed by atoms with van der Waals surface area (Å²) in [6, 6.07) is 39.4. The molecule has 17 nitrogen and oxygen atoms in total. The van der Waals surface area contributed by atoms with Crippen LogP contribution in [0.25, 0.3) is 10.4 Å². The molecule has 17 heteroatoms. The van der Waals surface area contributed by atoms with Crippen LogP contribution in [0.3, 0.4) is 0 Å². The van der Waals surface area contributed by atoms with Gasteiger partial charge in [0, 0.05) is 10.5 Å². The number of nitrogens with zero attached hydrogens (tertiary/aromatic N) is 3. The fourth-order valence-corrected chi connectivity index (χ4v) is 7.49. The van der Waals surface area contributed by atoms with Crippen molar-refractivity contribution in [1.29, 1.82) is 0 Å². The average molecular weight is 872 g/mol. The third kappa shape index (κ3) is 10.1. The van der Waals surface area contributed by atoms with Gasteiger partial charge in [-0.3, -0.25) is 0 Å². The molecule has 64 heavy (non-hydrogen) atoms. The summed E-state index contributed by atoms with van der Waals surface area (Å²) in [5.74, 6) is -3.41. The maximum atomic E-state index is 14.0. The Morgan fingerprint density at radius 1 is 0.641 bits per heavy atom. The normalized spacial score (nSPS) is 26.5. The predicted octanol–water partition coefficient (Wildman–Crippen LogP) is 6.14. The summed E-state index contributed by atoms with van der Waals surface area (Å²) in [6.07, 6.45) is -14.4. The number of rotatable bonds is 14. The summed E-state index contributed by atoms with van der Waals surface area (Å²) in [6.45, 7) is -0.740. The van der Waals surface area contributed by atoms with E-state index >= 15 is 0 Å². The van der Waals surface area contributed by atoms with Crippen molar-refractivity contribution in [3.63, 3.8) is 0 Å². The Bertz CT molecular complexity index is 2410. The largest absolute Gasteiger partial charge is 0.458 e. The molecule has 0 radical (unpaired) electrons. The molecule has 0 spiro atoms. The van der Waals surface area contributed by atoms with Crippen LogP contribution in [-0.4, -0.2) is 104 Å². The Labute approximate surface area is 365 Å². The van der Waals surface area contributed by atoms with E-state index in [4.69, 9.17) is 42.6 Å².